The van der Waals surface area contributed by atoms with Crippen molar-refractivity contribution in [3.05, 3.63) is 41.5 Å². The average Bonchev–Trinajstić information content (AvgIpc) is 2.15. The molecule has 0 aromatic heterocycles. The monoisotopic (exact) mass is 288 g/mol. The molecule has 3 heteroatoms. The van der Waals surface area contributed by atoms with Crippen molar-refractivity contribution in [3.8, 4) is 0 Å². The Morgan fingerprint density at radius 2 is 2.00 bits per heavy atom. The highest BCUT2D eigenvalue weighted by molar-refractivity contribution is 14.1. The lowest BCUT2D eigenvalue weighted by atomic mass is 10.1. The standard InChI is InChI=1S/C10H9IO2/c11-7-9-3-1-8(2-4-9)5-6-10(12)13/h1-6H,7H2,(H,12,13)/b6-5+. The summed E-state index contributed by atoms with van der Waals surface area (Å²) >= 11 is 2.28. The molecule has 0 fully saturated rings. The van der Waals surface area contributed by atoms with Gasteiger partial charge in [-0.05, 0) is 17.2 Å². The first-order valence-corrected chi connectivity index (χ1v) is 5.31. The number of hydrogen-bond donors (Lipinski definition) is 1. The van der Waals surface area contributed by atoms with Gasteiger partial charge in [-0.3, -0.25) is 0 Å². The fourth-order valence-corrected chi connectivity index (χ4v) is 1.39. The van der Waals surface area contributed by atoms with Crippen molar-refractivity contribution in [2.45, 2.75) is 4.43 Å². The maximum Gasteiger partial charge on any atom is 0.328 e. The molecule has 0 bridgehead atoms. The molecule has 1 aromatic carbocycles. The Hall–Kier alpha value is -0.840. The second-order valence-electron chi connectivity index (χ2n) is 2.55. The first kappa shape index (κ1) is 10.2. The van der Waals surface area contributed by atoms with Crippen LogP contribution in [0.2, 0.25) is 0 Å². The van der Waals surface area contributed by atoms with E-state index in [9.17, 15) is 4.79 Å². The van der Waals surface area contributed by atoms with Gasteiger partial charge in [0.05, 0.1) is 0 Å². The van der Waals surface area contributed by atoms with Gasteiger partial charge in [0.15, 0.2) is 0 Å². The number of aliphatic carboxylic acids is 1. The summed E-state index contributed by atoms with van der Waals surface area (Å²) in [4.78, 5) is 10.2. The predicted molar refractivity (Wildman–Crippen MR) is 60.8 cm³/mol. The molecule has 0 aliphatic heterocycles. The number of rotatable bonds is 3. The van der Waals surface area contributed by atoms with Crippen LogP contribution >= 0.6 is 22.6 Å². The number of carboxylic acids is 1. The lowest BCUT2D eigenvalue weighted by Gasteiger charge is -1.95. The third-order valence-corrected chi connectivity index (χ3v) is 2.43. The molecule has 1 rings (SSSR count). The molecule has 0 radical (unpaired) electrons. The van der Waals surface area contributed by atoms with Gasteiger partial charge < -0.3 is 5.11 Å². The molecular weight excluding hydrogens is 279 g/mol. The molecule has 0 aliphatic rings. The Labute approximate surface area is 90.4 Å². The number of benzene rings is 1. The fraction of sp³-hybridized carbons (Fsp3) is 0.100. The summed E-state index contributed by atoms with van der Waals surface area (Å²) in [7, 11) is 0. The SMILES string of the molecule is O=C(O)/C=C/c1ccc(CI)cc1. The molecule has 68 valence electrons. The molecule has 0 aliphatic carbocycles. The van der Waals surface area contributed by atoms with Crippen LogP contribution in [-0.4, -0.2) is 11.1 Å². The maximum atomic E-state index is 10.2. The van der Waals surface area contributed by atoms with Gasteiger partial charge in [0.1, 0.15) is 0 Å². The summed E-state index contributed by atoms with van der Waals surface area (Å²) in [6, 6.07) is 7.81. The first-order valence-electron chi connectivity index (χ1n) is 3.78. The van der Waals surface area contributed by atoms with Crippen molar-refractivity contribution in [2.75, 3.05) is 0 Å². The van der Waals surface area contributed by atoms with Crippen molar-refractivity contribution in [1.82, 2.24) is 0 Å². The van der Waals surface area contributed by atoms with Crippen LogP contribution in [0.3, 0.4) is 0 Å². The van der Waals surface area contributed by atoms with Gasteiger partial charge in [-0.15, -0.1) is 0 Å². The normalized spacial score (nSPS) is 10.5. The van der Waals surface area contributed by atoms with Crippen LogP contribution in [0.4, 0.5) is 0 Å². The van der Waals surface area contributed by atoms with Gasteiger partial charge >= 0.3 is 5.97 Å². The van der Waals surface area contributed by atoms with Crippen molar-refractivity contribution >= 4 is 34.6 Å². The van der Waals surface area contributed by atoms with E-state index in [1.807, 2.05) is 24.3 Å². The summed E-state index contributed by atoms with van der Waals surface area (Å²) in [5.74, 6) is -0.919. The summed E-state index contributed by atoms with van der Waals surface area (Å²) in [6.07, 6.45) is 2.72. The molecule has 0 amide bonds. The Bertz CT molecular complexity index is 314. The van der Waals surface area contributed by atoms with Crippen LogP contribution < -0.4 is 0 Å². The molecule has 13 heavy (non-hydrogen) atoms. The van der Waals surface area contributed by atoms with E-state index in [-0.39, 0.29) is 0 Å². The zero-order valence-electron chi connectivity index (χ0n) is 6.90. The van der Waals surface area contributed by atoms with E-state index in [1.54, 1.807) is 6.08 Å². The van der Waals surface area contributed by atoms with Crippen LogP contribution in [-0.2, 0) is 9.22 Å². The van der Waals surface area contributed by atoms with Crippen molar-refractivity contribution in [2.24, 2.45) is 0 Å². The Morgan fingerprint density at radius 3 is 2.46 bits per heavy atom. The van der Waals surface area contributed by atoms with E-state index in [2.05, 4.69) is 22.6 Å². The van der Waals surface area contributed by atoms with E-state index in [4.69, 9.17) is 5.11 Å². The minimum Gasteiger partial charge on any atom is -0.478 e. The van der Waals surface area contributed by atoms with E-state index < -0.39 is 5.97 Å². The van der Waals surface area contributed by atoms with Crippen LogP contribution in [0.25, 0.3) is 6.08 Å². The fourth-order valence-electron chi connectivity index (χ4n) is 0.885. The first-order chi connectivity index (χ1) is 6.22. The van der Waals surface area contributed by atoms with Gasteiger partial charge in [0.25, 0.3) is 0 Å². The number of halogens is 1. The third kappa shape index (κ3) is 3.59. The number of hydrogen-bond acceptors (Lipinski definition) is 1. The summed E-state index contributed by atoms with van der Waals surface area (Å²) in [5, 5.41) is 8.39. The van der Waals surface area contributed by atoms with Crippen molar-refractivity contribution < 1.29 is 9.90 Å². The minimum atomic E-state index is -0.919. The summed E-state index contributed by atoms with van der Waals surface area (Å²) in [6.45, 7) is 0. The highest BCUT2D eigenvalue weighted by Crippen LogP contribution is 2.09. The van der Waals surface area contributed by atoms with Gasteiger partial charge in [-0.1, -0.05) is 46.9 Å². The topological polar surface area (TPSA) is 37.3 Å². The Kier molecular flexibility index (Phi) is 3.95. The molecular formula is C10H9IO2. The number of carboxylic acid groups (broad SMARTS) is 1. The number of carbonyl (C=O) groups is 1. The van der Waals surface area contributed by atoms with Crippen molar-refractivity contribution in [1.29, 1.82) is 0 Å². The Balaban J connectivity index is 2.75. The van der Waals surface area contributed by atoms with Crippen LogP contribution in [0.5, 0.6) is 0 Å². The molecule has 1 N–H and O–H groups in total. The van der Waals surface area contributed by atoms with Gasteiger partial charge in [0, 0.05) is 10.5 Å². The maximum absolute atomic E-state index is 10.2. The van der Waals surface area contributed by atoms with Crippen LogP contribution in [0.1, 0.15) is 11.1 Å². The van der Waals surface area contributed by atoms with E-state index >= 15 is 0 Å². The van der Waals surface area contributed by atoms with Crippen molar-refractivity contribution in [3.63, 3.8) is 0 Å². The third-order valence-electron chi connectivity index (χ3n) is 1.55. The van der Waals surface area contributed by atoms with Gasteiger partial charge in [-0.2, -0.15) is 0 Å². The quantitative estimate of drug-likeness (QED) is 0.527. The predicted octanol–water partition coefficient (Wildman–Crippen LogP) is 2.72. The highest BCUT2D eigenvalue weighted by Gasteiger charge is 1.90. The Morgan fingerprint density at radius 1 is 1.38 bits per heavy atom. The molecule has 0 unspecified atom stereocenters. The van der Waals surface area contributed by atoms with Gasteiger partial charge in [-0.25, -0.2) is 4.79 Å². The van der Waals surface area contributed by atoms with E-state index in [0.29, 0.717) is 0 Å². The highest BCUT2D eigenvalue weighted by atomic mass is 127. The average molecular weight is 288 g/mol. The second-order valence-corrected chi connectivity index (χ2v) is 3.31. The van der Waals surface area contributed by atoms with Gasteiger partial charge in [0.2, 0.25) is 0 Å². The zero-order valence-corrected chi connectivity index (χ0v) is 9.06. The second kappa shape index (κ2) is 5.01. The molecule has 0 saturated heterocycles. The lowest BCUT2D eigenvalue weighted by molar-refractivity contribution is -0.131. The largest absolute Gasteiger partial charge is 0.478 e. The molecule has 2 nitrogen and oxygen atoms in total. The smallest absolute Gasteiger partial charge is 0.328 e. The van der Waals surface area contributed by atoms with E-state index in [0.717, 1.165) is 16.1 Å². The van der Waals surface area contributed by atoms with Crippen LogP contribution in [0, 0.1) is 0 Å². The van der Waals surface area contributed by atoms with Crippen LogP contribution in [0.15, 0.2) is 30.3 Å². The zero-order chi connectivity index (χ0) is 9.68. The van der Waals surface area contributed by atoms with E-state index in [1.165, 1.54) is 5.56 Å². The molecule has 0 atom stereocenters. The molecule has 0 heterocycles. The summed E-state index contributed by atoms with van der Waals surface area (Å²) < 4.78 is 0.973. The molecule has 0 spiro atoms. The minimum absolute atomic E-state index is 0.913. The lowest BCUT2D eigenvalue weighted by Crippen LogP contribution is -1.85. The number of alkyl halides is 1. The molecule has 0 saturated carbocycles. The summed E-state index contributed by atoms with van der Waals surface area (Å²) in [5.41, 5.74) is 2.16. The molecule has 1 aromatic rings.